The Morgan fingerprint density at radius 3 is 2.67 bits per heavy atom. The molecule has 0 unspecified atom stereocenters. The van der Waals surface area contributed by atoms with Gasteiger partial charge in [-0.25, -0.2) is 4.39 Å². The first-order chi connectivity index (χ1) is 12.9. The highest BCUT2D eigenvalue weighted by Gasteiger charge is 2.09. The molecule has 0 aliphatic heterocycles. The van der Waals surface area contributed by atoms with E-state index in [1.807, 2.05) is 37.7 Å². The van der Waals surface area contributed by atoms with Crippen LogP contribution in [0.3, 0.4) is 0 Å². The van der Waals surface area contributed by atoms with Crippen molar-refractivity contribution in [3.8, 4) is 0 Å². The van der Waals surface area contributed by atoms with Gasteiger partial charge in [-0.3, -0.25) is 9.67 Å². The van der Waals surface area contributed by atoms with Crippen LogP contribution in [0, 0.1) is 19.7 Å². The highest BCUT2D eigenvalue weighted by Crippen LogP contribution is 2.16. The molecule has 0 bridgehead atoms. The third-order valence-corrected chi connectivity index (χ3v) is 5.05. The van der Waals surface area contributed by atoms with Crippen LogP contribution in [0.4, 0.5) is 4.39 Å². The number of nitrogens with zero attached hydrogens (tertiary/aromatic N) is 3. The molecule has 0 atom stereocenters. The Kier molecular flexibility index (Phi) is 8.28. The van der Waals surface area contributed by atoms with Crippen LogP contribution in [-0.2, 0) is 19.9 Å². The van der Waals surface area contributed by atoms with Crippen LogP contribution in [0.1, 0.15) is 35.9 Å². The van der Waals surface area contributed by atoms with Crippen molar-refractivity contribution < 1.29 is 4.39 Å². The lowest BCUT2D eigenvalue weighted by atomic mass is 10.1. The maximum atomic E-state index is 13.9. The second-order valence-electron chi connectivity index (χ2n) is 6.55. The first kappa shape index (κ1) is 21.4. The first-order valence-electron chi connectivity index (χ1n) is 9.37. The molecule has 1 aromatic heterocycles. The normalized spacial score (nSPS) is 11.7. The molecule has 2 N–H and O–H groups in total. The average Bonchev–Trinajstić information content (AvgIpc) is 2.86. The van der Waals surface area contributed by atoms with E-state index in [0.29, 0.717) is 13.0 Å². The van der Waals surface area contributed by atoms with Gasteiger partial charge in [-0.1, -0.05) is 22.0 Å². The number of nitrogens with one attached hydrogen (secondary N) is 2. The molecule has 1 aromatic carbocycles. The van der Waals surface area contributed by atoms with Gasteiger partial charge in [-0.15, -0.1) is 0 Å². The van der Waals surface area contributed by atoms with Crippen LogP contribution in [0.15, 0.2) is 27.7 Å². The lowest BCUT2D eigenvalue weighted by Gasteiger charge is -2.11. The third-order valence-electron chi connectivity index (χ3n) is 4.56. The zero-order valence-corrected chi connectivity index (χ0v) is 18.2. The highest BCUT2D eigenvalue weighted by atomic mass is 79.9. The SMILES string of the molecule is CCNC(=NCCCc1ccc(Br)cc1F)NCCc1c(C)nn(C)c1C. The Bertz CT molecular complexity index is 785. The zero-order chi connectivity index (χ0) is 19.8. The third kappa shape index (κ3) is 6.34. The van der Waals surface area contributed by atoms with Crippen molar-refractivity contribution in [3.63, 3.8) is 0 Å². The number of halogens is 2. The lowest BCUT2D eigenvalue weighted by molar-refractivity contribution is 0.604. The van der Waals surface area contributed by atoms with Crippen molar-refractivity contribution in [2.75, 3.05) is 19.6 Å². The number of aryl methyl sites for hydroxylation is 3. The summed E-state index contributed by atoms with van der Waals surface area (Å²) in [5, 5.41) is 11.1. The van der Waals surface area contributed by atoms with Crippen LogP contribution in [-0.4, -0.2) is 35.4 Å². The van der Waals surface area contributed by atoms with Gasteiger partial charge in [0.1, 0.15) is 5.82 Å². The maximum absolute atomic E-state index is 13.9. The highest BCUT2D eigenvalue weighted by molar-refractivity contribution is 9.10. The smallest absolute Gasteiger partial charge is 0.191 e. The summed E-state index contributed by atoms with van der Waals surface area (Å²) in [5.74, 6) is 0.633. The minimum atomic E-state index is -0.166. The van der Waals surface area contributed by atoms with E-state index in [9.17, 15) is 4.39 Å². The number of hydrogen-bond acceptors (Lipinski definition) is 2. The van der Waals surface area contributed by atoms with Gasteiger partial charge in [0.25, 0.3) is 0 Å². The minimum absolute atomic E-state index is 0.166. The predicted octanol–water partition coefficient (Wildman–Crippen LogP) is 3.67. The van der Waals surface area contributed by atoms with E-state index in [-0.39, 0.29) is 5.82 Å². The van der Waals surface area contributed by atoms with E-state index in [1.165, 1.54) is 17.3 Å². The number of guanidine groups is 1. The predicted molar refractivity (Wildman–Crippen MR) is 113 cm³/mol. The van der Waals surface area contributed by atoms with Gasteiger partial charge in [0.05, 0.1) is 5.69 Å². The summed E-state index contributed by atoms with van der Waals surface area (Å²) in [5.41, 5.74) is 4.29. The Hall–Kier alpha value is -1.89. The molecule has 5 nitrogen and oxygen atoms in total. The molecule has 27 heavy (non-hydrogen) atoms. The molecule has 2 rings (SSSR count). The topological polar surface area (TPSA) is 54.2 Å². The van der Waals surface area contributed by atoms with E-state index in [0.717, 1.165) is 47.6 Å². The van der Waals surface area contributed by atoms with Gasteiger partial charge in [-0.05, 0) is 63.3 Å². The molecular weight excluding hydrogens is 409 g/mol. The first-order valence-corrected chi connectivity index (χ1v) is 10.2. The van der Waals surface area contributed by atoms with Gasteiger partial charge in [0.15, 0.2) is 5.96 Å². The summed E-state index contributed by atoms with van der Waals surface area (Å²) in [4.78, 5) is 4.60. The Labute approximate surface area is 169 Å². The van der Waals surface area contributed by atoms with Crippen molar-refractivity contribution in [1.29, 1.82) is 0 Å². The van der Waals surface area contributed by atoms with E-state index >= 15 is 0 Å². The van der Waals surface area contributed by atoms with E-state index in [4.69, 9.17) is 0 Å². The molecule has 0 saturated carbocycles. The van der Waals surface area contributed by atoms with Crippen molar-refractivity contribution in [3.05, 3.63) is 51.0 Å². The summed E-state index contributed by atoms with van der Waals surface area (Å²) in [6.45, 7) is 8.43. The minimum Gasteiger partial charge on any atom is -0.357 e. The van der Waals surface area contributed by atoms with Crippen molar-refractivity contribution in [2.24, 2.45) is 12.0 Å². The van der Waals surface area contributed by atoms with E-state index in [1.54, 1.807) is 0 Å². The lowest BCUT2D eigenvalue weighted by Crippen LogP contribution is -2.38. The van der Waals surface area contributed by atoms with Crippen LogP contribution in [0.5, 0.6) is 0 Å². The second-order valence-corrected chi connectivity index (χ2v) is 7.47. The van der Waals surface area contributed by atoms with E-state index < -0.39 is 0 Å². The summed E-state index contributed by atoms with van der Waals surface area (Å²) in [6.07, 6.45) is 2.38. The number of hydrogen-bond donors (Lipinski definition) is 2. The molecule has 7 heteroatoms. The molecule has 0 amide bonds. The quantitative estimate of drug-likeness (QED) is 0.376. The molecule has 0 saturated heterocycles. The summed E-state index contributed by atoms with van der Waals surface area (Å²) >= 11 is 3.28. The number of benzene rings is 1. The molecular formula is C20H29BrFN5. The summed E-state index contributed by atoms with van der Waals surface area (Å²) < 4.78 is 16.5. The van der Waals surface area contributed by atoms with Crippen LogP contribution in [0.25, 0.3) is 0 Å². The summed E-state index contributed by atoms with van der Waals surface area (Å²) in [7, 11) is 1.97. The fraction of sp³-hybridized carbons (Fsp3) is 0.500. The van der Waals surface area contributed by atoms with Gasteiger partial charge >= 0.3 is 0 Å². The van der Waals surface area contributed by atoms with Crippen molar-refractivity contribution in [1.82, 2.24) is 20.4 Å². The largest absolute Gasteiger partial charge is 0.357 e. The molecule has 0 aliphatic rings. The summed E-state index contributed by atoms with van der Waals surface area (Å²) in [6, 6.07) is 5.20. The monoisotopic (exact) mass is 437 g/mol. The molecule has 0 fully saturated rings. The Morgan fingerprint density at radius 1 is 1.26 bits per heavy atom. The molecule has 0 spiro atoms. The van der Waals surface area contributed by atoms with Crippen LogP contribution >= 0.6 is 15.9 Å². The standard InChI is InChI=1S/C20H29BrFN5/c1-5-23-20(25-12-10-18-14(2)26-27(4)15(18)3)24-11-6-7-16-8-9-17(21)13-19(16)22/h8-9,13H,5-7,10-12H2,1-4H3,(H2,23,24,25). The fourth-order valence-corrected chi connectivity index (χ4v) is 3.34. The number of rotatable bonds is 8. The van der Waals surface area contributed by atoms with E-state index in [2.05, 4.69) is 43.6 Å². The number of aliphatic imine (C=N–C) groups is 1. The molecule has 148 valence electrons. The van der Waals surface area contributed by atoms with Gasteiger partial charge < -0.3 is 10.6 Å². The number of aromatic nitrogens is 2. The molecule has 2 aromatic rings. The fourth-order valence-electron chi connectivity index (χ4n) is 3.01. The Morgan fingerprint density at radius 2 is 2.04 bits per heavy atom. The van der Waals surface area contributed by atoms with Gasteiger partial charge in [0, 0.05) is 36.8 Å². The average molecular weight is 438 g/mol. The molecule has 0 aliphatic carbocycles. The Balaban J connectivity index is 1.82. The van der Waals surface area contributed by atoms with Gasteiger partial charge in [0.2, 0.25) is 0 Å². The van der Waals surface area contributed by atoms with Crippen LogP contribution in [0.2, 0.25) is 0 Å². The van der Waals surface area contributed by atoms with Gasteiger partial charge in [-0.2, -0.15) is 5.10 Å². The molecule has 0 radical (unpaired) electrons. The zero-order valence-electron chi connectivity index (χ0n) is 16.6. The van der Waals surface area contributed by atoms with Crippen molar-refractivity contribution in [2.45, 2.75) is 40.0 Å². The van der Waals surface area contributed by atoms with Crippen molar-refractivity contribution >= 4 is 21.9 Å². The molecule has 1 heterocycles. The maximum Gasteiger partial charge on any atom is 0.191 e. The second kappa shape index (κ2) is 10.4. The van der Waals surface area contributed by atoms with Crippen LogP contribution < -0.4 is 10.6 Å².